The van der Waals surface area contributed by atoms with E-state index in [0.29, 0.717) is 5.92 Å². The zero-order valence-corrected chi connectivity index (χ0v) is 18.4. The first-order valence-electron chi connectivity index (χ1n) is 10.8. The average molecular weight is 407 g/mol. The van der Waals surface area contributed by atoms with Gasteiger partial charge in [0.25, 0.3) is 0 Å². The molecule has 0 atom stereocenters. The molecule has 5 aromatic rings. The van der Waals surface area contributed by atoms with Crippen molar-refractivity contribution in [2.24, 2.45) is 5.92 Å². The van der Waals surface area contributed by atoms with Crippen LogP contribution >= 0.6 is 0 Å². The summed E-state index contributed by atoms with van der Waals surface area (Å²) in [5.74, 6) is 0.601. The molecule has 0 aliphatic rings. The Morgan fingerprint density at radius 2 is 1.71 bits per heavy atom. The standard InChI is InChI=1S/C28H26N2O/c1-17(2)14-20-11-13-29-24(16-20)22-9-7-12-30-27(22)26-18(3)15-23-21-8-5-6-10-25(21)31-28(23)19(26)4/h5-13,15-17H,14H2,1-4H3. The molecule has 0 saturated heterocycles. The van der Waals surface area contributed by atoms with Gasteiger partial charge in [0, 0.05) is 39.9 Å². The molecule has 31 heavy (non-hydrogen) atoms. The maximum absolute atomic E-state index is 6.27. The van der Waals surface area contributed by atoms with Gasteiger partial charge in [-0.1, -0.05) is 32.0 Å². The molecule has 0 fully saturated rings. The highest BCUT2D eigenvalue weighted by atomic mass is 16.3. The quantitative estimate of drug-likeness (QED) is 0.310. The lowest BCUT2D eigenvalue weighted by Crippen LogP contribution is -1.98. The molecular weight excluding hydrogens is 380 g/mol. The van der Waals surface area contributed by atoms with Crippen molar-refractivity contribution in [1.82, 2.24) is 9.97 Å². The van der Waals surface area contributed by atoms with E-state index in [-0.39, 0.29) is 0 Å². The van der Waals surface area contributed by atoms with Crippen molar-refractivity contribution in [2.75, 3.05) is 0 Å². The largest absolute Gasteiger partial charge is 0.456 e. The zero-order chi connectivity index (χ0) is 21.5. The molecule has 3 nitrogen and oxygen atoms in total. The van der Waals surface area contributed by atoms with E-state index < -0.39 is 0 Å². The first-order chi connectivity index (χ1) is 15.0. The summed E-state index contributed by atoms with van der Waals surface area (Å²) in [5, 5.41) is 2.31. The van der Waals surface area contributed by atoms with Crippen LogP contribution in [0.1, 0.15) is 30.5 Å². The van der Waals surface area contributed by atoms with Gasteiger partial charge in [0.2, 0.25) is 0 Å². The number of aromatic nitrogens is 2. The van der Waals surface area contributed by atoms with Crippen molar-refractivity contribution >= 4 is 21.9 Å². The van der Waals surface area contributed by atoms with E-state index in [0.717, 1.165) is 56.4 Å². The van der Waals surface area contributed by atoms with Crippen LogP contribution in [0.3, 0.4) is 0 Å². The van der Waals surface area contributed by atoms with Gasteiger partial charge in [0.15, 0.2) is 0 Å². The minimum absolute atomic E-state index is 0.601. The number of aryl methyl sites for hydroxylation is 2. The van der Waals surface area contributed by atoms with E-state index in [1.165, 1.54) is 11.1 Å². The number of nitrogens with zero attached hydrogens (tertiary/aromatic N) is 2. The average Bonchev–Trinajstić information content (AvgIpc) is 3.13. The Morgan fingerprint density at radius 3 is 2.55 bits per heavy atom. The van der Waals surface area contributed by atoms with Crippen molar-refractivity contribution in [1.29, 1.82) is 0 Å². The van der Waals surface area contributed by atoms with Crippen molar-refractivity contribution < 1.29 is 4.42 Å². The maximum Gasteiger partial charge on any atom is 0.139 e. The fraction of sp³-hybridized carbons (Fsp3) is 0.214. The van der Waals surface area contributed by atoms with Crippen molar-refractivity contribution in [3.8, 4) is 22.5 Å². The number of benzene rings is 2. The predicted molar refractivity (Wildman–Crippen MR) is 128 cm³/mol. The molecule has 3 heteroatoms. The Balaban J connectivity index is 1.73. The van der Waals surface area contributed by atoms with Crippen LogP contribution in [0.5, 0.6) is 0 Å². The first-order valence-corrected chi connectivity index (χ1v) is 10.8. The van der Waals surface area contributed by atoms with E-state index in [1.54, 1.807) is 0 Å². The molecule has 3 heterocycles. The van der Waals surface area contributed by atoms with E-state index in [9.17, 15) is 0 Å². The molecule has 0 aliphatic carbocycles. The highest BCUT2D eigenvalue weighted by Crippen LogP contribution is 2.40. The summed E-state index contributed by atoms with van der Waals surface area (Å²) in [4.78, 5) is 9.51. The summed E-state index contributed by atoms with van der Waals surface area (Å²) < 4.78 is 6.27. The molecule has 0 bridgehead atoms. The van der Waals surface area contributed by atoms with Gasteiger partial charge in [-0.25, -0.2) is 0 Å². The van der Waals surface area contributed by atoms with Crippen LogP contribution in [-0.4, -0.2) is 9.97 Å². The third kappa shape index (κ3) is 3.40. The van der Waals surface area contributed by atoms with Gasteiger partial charge in [-0.15, -0.1) is 0 Å². The number of fused-ring (bicyclic) bond motifs is 3. The van der Waals surface area contributed by atoms with E-state index in [1.807, 2.05) is 30.6 Å². The topological polar surface area (TPSA) is 38.9 Å². The van der Waals surface area contributed by atoms with Gasteiger partial charge in [-0.05, 0) is 73.7 Å². The van der Waals surface area contributed by atoms with Crippen LogP contribution in [0.2, 0.25) is 0 Å². The van der Waals surface area contributed by atoms with Crippen LogP contribution in [0.15, 0.2) is 71.4 Å². The molecule has 0 aliphatic heterocycles. The van der Waals surface area contributed by atoms with Crippen molar-refractivity contribution in [2.45, 2.75) is 34.1 Å². The van der Waals surface area contributed by atoms with Crippen molar-refractivity contribution in [3.05, 3.63) is 83.7 Å². The smallest absolute Gasteiger partial charge is 0.139 e. The molecular formula is C28H26N2O. The molecule has 0 amide bonds. The second-order valence-corrected chi connectivity index (χ2v) is 8.72. The molecule has 154 valence electrons. The summed E-state index contributed by atoms with van der Waals surface area (Å²) >= 11 is 0. The molecule has 5 rings (SSSR count). The summed E-state index contributed by atoms with van der Waals surface area (Å²) in [6.07, 6.45) is 4.80. The number of rotatable bonds is 4. The lowest BCUT2D eigenvalue weighted by atomic mass is 9.92. The van der Waals surface area contributed by atoms with Crippen LogP contribution in [0, 0.1) is 19.8 Å². The summed E-state index contributed by atoms with van der Waals surface area (Å²) in [7, 11) is 0. The summed E-state index contributed by atoms with van der Waals surface area (Å²) in [6.45, 7) is 8.77. The van der Waals surface area contributed by atoms with Gasteiger partial charge in [-0.2, -0.15) is 0 Å². The second-order valence-electron chi connectivity index (χ2n) is 8.72. The monoisotopic (exact) mass is 406 g/mol. The molecule has 0 radical (unpaired) electrons. The maximum atomic E-state index is 6.27. The van der Waals surface area contributed by atoms with E-state index in [2.05, 4.69) is 64.1 Å². The molecule has 3 aromatic heterocycles. The summed E-state index contributed by atoms with van der Waals surface area (Å²) in [6, 6.07) is 18.9. The van der Waals surface area contributed by atoms with Crippen LogP contribution in [-0.2, 0) is 6.42 Å². The fourth-order valence-electron chi connectivity index (χ4n) is 4.58. The van der Waals surface area contributed by atoms with Gasteiger partial charge >= 0.3 is 0 Å². The van der Waals surface area contributed by atoms with E-state index in [4.69, 9.17) is 14.4 Å². The molecule has 0 unspecified atom stereocenters. The SMILES string of the molecule is Cc1cc2c(oc3ccccc32)c(C)c1-c1ncccc1-c1cc(CC(C)C)ccn1. The Hall–Kier alpha value is -3.46. The van der Waals surface area contributed by atoms with Gasteiger partial charge < -0.3 is 4.42 Å². The van der Waals surface area contributed by atoms with Gasteiger partial charge in [0.1, 0.15) is 11.2 Å². The highest BCUT2D eigenvalue weighted by molar-refractivity contribution is 6.08. The molecule has 0 spiro atoms. The third-order valence-corrected chi connectivity index (χ3v) is 5.89. The molecule has 2 aromatic carbocycles. The second kappa shape index (κ2) is 7.66. The van der Waals surface area contributed by atoms with Crippen LogP contribution in [0.4, 0.5) is 0 Å². The van der Waals surface area contributed by atoms with Crippen molar-refractivity contribution in [3.63, 3.8) is 0 Å². The zero-order valence-electron chi connectivity index (χ0n) is 18.4. The van der Waals surface area contributed by atoms with Crippen LogP contribution < -0.4 is 0 Å². The van der Waals surface area contributed by atoms with Crippen LogP contribution in [0.25, 0.3) is 44.5 Å². The molecule has 0 saturated carbocycles. The lowest BCUT2D eigenvalue weighted by Gasteiger charge is -2.15. The fourth-order valence-corrected chi connectivity index (χ4v) is 4.58. The highest BCUT2D eigenvalue weighted by Gasteiger charge is 2.19. The third-order valence-electron chi connectivity index (χ3n) is 5.89. The Bertz CT molecular complexity index is 1410. The minimum atomic E-state index is 0.601. The normalized spacial score (nSPS) is 11.6. The lowest BCUT2D eigenvalue weighted by molar-refractivity contribution is 0.647. The first kappa shape index (κ1) is 19.5. The van der Waals surface area contributed by atoms with Gasteiger partial charge in [-0.3, -0.25) is 9.97 Å². The Morgan fingerprint density at radius 1 is 0.871 bits per heavy atom. The van der Waals surface area contributed by atoms with Gasteiger partial charge in [0.05, 0.1) is 11.4 Å². The number of pyridine rings is 2. The minimum Gasteiger partial charge on any atom is -0.456 e. The number of hydrogen-bond acceptors (Lipinski definition) is 3. The summed E-state index contributed by atoms with van der Waals surface area (Å²) in [5.41, 5.74) is 9.54. The number of para-hydroxylation sites is 1. The predicted octanol–water partition coefficient (Wildman–Crippen LogP) is 7.53. The Labute approximate surface area is 182 Å². The Kier molecular flexibility index (Phi) is 4.82. The number of furan rings is 1. The van der Waals surface area contributed by atoms with E-state index >= 15 is 0 Å². The molecule has 0 N–H and O–H groups in total. The number of hydrogen-bond donors (Lipinski definition) is 0.